The molecule has 2 aromatic carbocycles. The van der Waals surface area contributed by atoms with E-state index in [0.29, 0.717) is 35.5 Å². The molecule has 2 atom stereocenters. The minimum absolute atomic E-state index is 0.0152. The van der Waals surface area contributed by atoms with Crippen LogP contribution in [0.3, 0.4) is 0 Å². The number of aryl methyl sites for hydroxylation is 1. The van der Waals surface area contributed by atoms with Crippen molar-refractivity contribution < 1.29 is 18.7 Å². The van der Waals surface area contributed by atoms with Crippen molar-refractivity contribution in [3.63, 3.8) is 0 Å². The fourth-order valence-electron chi connectivity index (χ4n) is 6.17. The number of hydrogen-bond acceptors (Lipinski definition) is 6. The second-order valence-electron chi connectivity index (χ2n) is 11.1. The van der Waals surface area contributed by atoms with E-state index < -0.39 is 11.8 Å². The summed E-state index contributed by atoms with van der Waals surface area (Å²) >= 11 is 0. The van der Waals surface area contributed by atoms with Crippen LogP contribution in [0.5, 0.6) is 0 Å². The molecular weight excluding hydrogens is 535 g/mol. The Hall–Kier alpha value is -4.34. The largest absolute Gasteiger partial charge is 0.462 e. The van der Waals surface area contributed by atoms with Gasteiger partial charge in [0.2, 0.25) is 0 Å². The highest BCUT2D eigenvalue weighted by Gasteiger charge is 2.40. The fourth-order valence-corrected chi connectivity index (χ4v) is 6.17. The van der Waals surface area contributed by atoms with Gasteiger partial charge in [0, 0.05) is 43.7 Å². The third-order valence-corrected chi connectivity index (χ3v) is 8.45. The van der Waals surface area contributed by atoms with Crippen molar-refractivity contribution in [2.24, 2.45) is 7.05 Å². The number of ether oxygens (including phenoxy) is 1. The van der Waals surface area contributed by atoms with E-state index >= 15 is 4.39 Å². The van der Waals surface area contributed by atoms with Crippen molar-refractivity contribution >= 4 is 11.9 Å². The molecule has 1 saturated heterocycles. The fraction of sp³-hybridized carbons (Fsp3) is 0.406. The molecule has 2 aliphatic rings. The molecule has 218 valence electrons. The second-order valence-corrected chi connectivity index (χ2v) is 11.1. The molecule has 1 aliphatic heterocycles. The molecule has 4 aromatic rings. The first-order valence-corrected chi connectivity index (χ1v) is 14.8. The van der Waals surface area contributed by atoms with Gasteiger partial charge in [-0.2, -0.15) is 5.10 Å². The summed E-state index contributed by atoms with van der Waals surface area (Å²) in [4.78, 5) is 28.1. The molecule has 1 aliphatic carbocycles. The number of nitrogens with zero attached hydrogens (tertiary/aromatic N) is 6. The van der Waals surface area contributed by atoms with Gasteiger partial charge in [0.05, 0.1) is 35.4 Å². The predicted octanol–water partition coefficient (Wildman–Crippen LogP) is 5.66. The van der Waals surface area contributed by atoms with Gasteiger partial charge in [-0.1, -0.05) is 42.3 Å². The molecule has 3 heterocycles. The SMILES string of the molecule is CCOC(=O)c1cnn(-c2cccc(-c3cccc(C(=O)N4CCCCCC4)c3F)c2)c1[C@H]1CC[C@@H]1c1cn(C)nn1. The lowest BCUT2D eigenvalue weighted by atomic mass is 9.69. The van der Waals surface area contributed by atoms with Crippen molar-refractivity contribution in [3.05, 3.63) is 83.2 Å². The number of carbonyl (C=O) groups is 2. The average molecular weight is 571 g/mol. The Bertz CT molecular complexity index is 1600. The molecule has 1 saturated carbocycles. The van der Waals surface area contributed by atoms with Crippen LogP contribution < -0.4 is 0 Å². The van der Waals surface area contributed by atoms with Crippen LogP contribution in [0.15, 0.2) is 54.9 Å². The molecule has 1 amide bonds. The maximum atomic E-state index is 16.0. The van der Waals surface area contributed by atoms with Crippen LogP contribution in [-0.4, -0.2) is 61.2 Å². The van der Waals surface area contributed by atoms with Gasteiger partial charge in [0.1, 0.15) is 11.4 Å². The number of likely N-dealkylation sites (tertiary alicyclic amines) is 1. The smallest absolute Gasteiger partial charge is 0.341 e. The van der Waals surface area contributed by atoms with Gasteiger partial charge in [-0.25, -0.2) is 13.9 Å². The highest BCUT2D eigenvalue weighted by Crippen LogP contribution is 2.50. The first-order valence-electron chi connectivity index (χ1n) is 14.8. The highest BCUT2D eigenvalue weighted by molar-refractivity contribution is 5.96. The number of halogens is 1. The minimum atomic E-state index is -0.529. The van der Waals surface area contributed by atoms with E-state index in [9.17, 15) is 9.59 Å². The minimum Gasteiger partial charge on any atom is -0.462 e. The molecule has 0 spiro atoms. The Balaban J connectivity index is 1.37. The highest BCUT2D eigenvalue weighted by atomic mass is 19.1. The quantitative estimate of drug-likeness (QED) is 0.266. The Kier molecular flexibility index (Phi) is 7.86. The van der Waals surface area contributed by atoms with Gasteiger partial charge in [0.25, 0.3) is 5.91 Å². The lowest BCUT2D eigenvalue weighted by Gasteiger charge is -2.36. The molecule has 0 bridgehead atoms. The van der Waals surface area contributed by atoms with E-state index in [0.717, 1.165) is 49.9 Å². The van der Waals surface area contributed by atoms with E-state index in [1.807, 2.05) is 37.5 Å². The third-order valence-electron chi connectivity index (χ3n) is 8.45. The standard InChI is InChI=1S/C32H35FN6O3/c1-3-42-32(41)27-19-34-39(30(27)25-15-14-24(25)28-20-37(2)36-35-28)22-11-8-10-21(18-22)23-12-9-13-26(29(23)33)31(40)38-16-6-4-5-7-17-38/h8-13,18-20,24-25H,3-7,14-17H2,1-2H3/t24-,25-/m0/s1. The zero-order valence-corrected chi connectivity index (χ0v) is 24.0. The van der Waals surface area contributed by atoms with Crippen molar-refractivity contribution in [2.75, 3.05) is 19.7 Å². The molecule has 0 radical (unpaired) electrons. The van der Waals surface area contributed by atoms with Crippen LogP contribution in [0.4, 0.5) is 4.39 Å². The number of aromatic nitrogens is 5. The Morgan fingerprint density at radius 2 is 1.76 bits per heavy atom. The van der Waals surface area contributed by atoms with E-state index in [4.69, 9.17) is 4.74 Å². The van der Waals surface area contributed by atoms with Crippen LogP contribution in [0.25, 0.3) is 16.8 Å². The second kappa shape index (κ2) is 11.9. The monoisotopic (exact) mass is 570 g/mol. The summed E-state index contributed by atoms with van der Waals surface area (Å²) in [7, 11) is 1.83. The number of amides is 1. The molecule has 0 N–H and O–H groups in total. The maximum Gasteiger partial charge on any atom is 0.341 e. The van der Waals surface area contributed by atoms with E-state index in [1.54, 1.807) is 45.6 Å². The average Bonchev–Trinajstić information content (AvgIpc) is 3.48. The summed E-state index contributed by atoms with van der Waals surface area (Å²) in [5.41, 5.74) is 3.77. The summed E-state index contributed by atoms with van der Waals surface area (Å²) < 4.78 is 24.8. The summed E-state index contributed by atoms with van der Waals surface area (Å²) in [6.45, 7) is 3.33. The first-order chi connectivity index (χ1) is 20.5. The number of esters is 1. The van der Waals surface area contributed by atoms with Gasteiger partial charge in [-0.3, -0.25) is 9.48 Å². The number of hydrogen-bond donors (Lipinski definition) is 0. The van der Waals surface area contributed by atoms with Crippen molar-refractivity contribution in [2.45, 2.75) is 57.3 Å². The number of benzene rings is 2. The summed E-state index contributed by atoms with van der Waals surface area (Å²) in [6.07, 6.45) is 9.28. The number of rotatable bonds is 7. The Morgan fingerprint density at radius 3 is 2.45 bits per heavy atom. The summed E-state index contributed by atoms with van der Waals surface area (Å²) in [5.74, 6) is -1.15. The van der Waals surface area contributed by atoms with Gasteiger partial charge >= 0.3 is 5.97 Å². The lowest BCUT2D eigenvalue weighted by molar-refractivity contribution is 0.0523. The van der Waals surface area contributed by atoms with E-state index in [-0.39, 0.29) is 29.9 Å². The van der Waals surface area contributed by atoms with Crippen molar-refractivity contribution in [3.8, 4) is 16.8 Å². The third kappa shape index (κ3) is 5.21. The predicted molar refractivity (Wildman–Crippen MR) is 155 cm³/mol. The normalized spacial score (nSPS) is 18.8. The van der Waals surface area contributed by atoms with E-state index in [1.165, 1.54) is 0 Å². The molecule has 2 aromatic heterocycles. The van der Waals surface area contributed by atoms with Gasteiger partial charge in [-0.05, 0) is 56.4 Å². The van der Waals surface area contributed by atoms with Gasteiger partial charge in [0.15, 0.2) is 0 Å². The van der Waals surface area contributed by atoms with Crippen LogP contribution in [0.1, 0.15) is 89.4 Å². The molecule has 2 fully saturated rings. The van der Waals surface area contributed by atoms with E-state index in [2.05, 4.69) is 15.4 Å². The van der Waals surface area contributed by atoms with Crippen LogP contribution >= 0.6 is 0 Å². The molecule has 10 heteroatoms. The first kappa shape index (κ1) is 27.8. The molecule has 0 unspecified atom stereocenters. The van der Waals surface area contributed by atoms with Gasteiger partial charge < -0.3 is 9.64 Å². The lowest BCUT2D eigenvalue weighted by Crippen LogP contribution is -2.32. The maximum absolute atomic E-state index is 16.0. The van der Waals surface area contributed by atoms with Crippen LogP contribution in [-0.2, 0) is 11.8 Å². The van der Waals surface area contributed by atoms with Crippen LogP contribution in [0, 0.1) is 5.82 Å². The Morgan fingerprint density at radius 1 is 1.00 bits per heavy atom. The van der Waals surface area contributed by atoms with Crippen LogP contribution in [0.2, 0.25) is 0 Å². The zero-order chi connectivity index (χ0) is 29.2. The molecule has 6 rings (SSSR count). The van der Waals surface area contributed by atoms with Crippen molar-refractivity contribution in [1.82, 2.24) is 29.7 Å². The summed E-state index contributed by atoms with van der Waals surface area (Å²) in [6, 6.07) is 12.4. The molecule has 42 heavy (non-hydrogen) atoms. The van der Waals surface area contributed by atoms with Crippen molar-refractivity contribution in [1.29, 1.82) is 0 Å². The zero-order valence-electron chi connectivity index (χ0n) is 24.0. The summed E-state index contributed by atoms with van der Waals surface area (Å²) in [5, 5.41) is 13.0. The molecule has 9 nitrogen and oxygen atoms in total. The molecular formula is C32H35FN6O3. The topological polar surface area (TPSA) is 95.1 Å². The number of carbonyl (C=O) groups excluding carboxylic acids is 2. The van der Waals surface area contributed by atoms with Gasteiger partial charge in [-0.15, -0.1) is 5.10 Å². The Labute approximate surface area is 244 Å².